The number of aryl methyl sites for hydroxylation is 1. The van der Waals surface area contributed by atoms with Crippen LogP contribution in [0.25, 0.3) is 0 Å². The summed E-state index contributed by atoms with van der Waals surface area (Å²) in [6.45, 7) is 2.57. The van der Waals surface area contributed by atoms with Gasteiger partial charge in [0.2, 0.25) is 0 Å². The number of halogens is 3. The van der Waals surface area contributed by atoms with E-state index in [0.29, 0.717) is 11.6 Å². The molecule has 0 amide bonds. The Hall–Kier alpha value is -0.810. The molecule has 0 bridgehead atoms. The molecule has 0 aliphatic heterocycles. The molecule has 0 aliphatic carbocycles. The number of rotatable bonds is 3. The Labute approximate surface area is 124 Å². The fourth-order valence-electron chi connectivity index (χ4n) is 1.58. The van der Waals surface area contributed by atoms with Crippen molar-refractivity contribution in [2.75, 3.05) is 5.32 Å². The highest BCUT2D eigenvalue weighted by atomic mass is 127. The van der Waals surface area contributed by atoms with Crippen LogP contribution >= 0.6 is 34.2 Å². The van der Waals surface area contributed by atoms with Gasteiger partial charge in [0.25, 0.3) is 0 Å². The van der Waals surface area contributed by atoms with Gasteiger partial charge in [-0.1, -0.05) is 17.7 Å². The summed E-state index contributed by atoms with van der Waals surface area (Å²) in [6, 6.07) is 10.5. The Bertz CT molecular complexity index is 572. The fraction of sp³-hybridized carbons (Fsp3) is 0.143. The van der Waals surface area contributed by atoms with E-state index < -0.39 is 0 Å². The summed E-state index contributed by atoms with van der Waals surface area (Å²) in [5, 5.41) is 3.82. The Morgan fingerprint density at radius 1 is 1.22 bits per heavy atom. The molecule has 0 aromatic heterocycles. The monoisotopic (exact) mass is 375 g/mol. The van der Waals surface area contributed by atoms with Crippen molar-refractivity contribution in [3.8, 4) is 0 Å². The summed E-state index contributed by atoms with van der Waals surface area (Å²) < 4.78 is 14.3. The lowest BCUT2D eigenvalue weighted by Crippen LogP contribution is -2.01. The first-order valence-electron chi connectivity index (χ1n) is 5.50. The van der Waals surface area contributed by atoms with Gasteiger partial charge in [0.1, 0.15) is 5.82 Å². The van der Waals surface area contributed by atoms with Crippen LogP contribution in [-0.4, -0.2) is 0 Å². The van der Waals surface area contributed by atoms with E-state index >= 15 is 0 Å². The fourth-order valence-corrected chi connectivity index (χ4v) is 2.28. The molecule has 1 nitrogen and oxygen atoms in total. The van der Waals surface area contributed by atoms with Gasteiger partial charge >= 0.3 is 0 Å². The highest BCUT2D eigenvalue weighted by molar-refractivity contribution is 14.1. The standard InChI is InChI=1S/C14H12ClFIN/c1-9-2-4-12(7-14(9)17)18-8-10-6-11(16)3-5-13(10)15/h2-7,18H,8H2,1H3. The van der Waals surface area contributed by atoms with E-state index in [-0.39, 0.29) is 5.82 Å². The van der Waals surface area contributed by atoms with Crippen molar-refractivity contribution in [3.63, 3.8) is 0 Å². The van der Waals surface area contributed by atoms with Crippen LogP contribution in [0.2, 0.25) is 5.02 Å². The second-order valence-corrected chi connectivity index (χ2v) is 5.62. The van der Waals surface area contributed by atoms with Gasteiger partial charge in [-0.15, -0.1) is 0 Å². The number of benzene rings is 2. The van der Waals surface area contributed by atoms with Gasteiger partial charge in [0.05, 0.1) is 0 Å². The summed E-state index contributed by atoms with van der Waals surface area (Å²) in [5.41, 5.74) is 3.00. The average Bonchev–Trinajstić information content (AvgIpc) is 2.34. The van der Waals surface area contributed by atoms with Crippen molar-refractivity contribution in [2.24, 2.45) is 0 Å². The topological polar surface area (TPSA) is 12.0 Å². The van der Waals surface area contributed by atoms with Crippen LogP contribution < -0.4 is 5.32 Å². The van der Waals surface area contributed by atoms with Crippen LogP contribution in [0, 0.1) is 16.3 Å². The van der Waals surface area contributed by atoms with Gasteiger partial charge in [0.15, 0.2) is 0 Å². The molecular weight excluding hydrogens is 364 g/mol. The molecule has 0 saturated heterocycles. The highest BCUT2D eigenvalue weighted by Gasteiger charge is 2.03. The Morgan fingerprint density at radius 2 is 2.00 bits per heavy atom. The van der Waals surface area contributed by atoms with Crippen molar-refractivity contribution >= 4 is 39.9 Å². The number of hydrogen-bond acceptors (Lipinski definition) is 1. The molecule has 4 heteroatoms. The lowest BCUT2D eigenvalue weighted by Gasteiger charge is -2.09. The van der Waals surface area contributed by atoms with E-state index in [4.69, 9.17) is 11.6 Å². The molecule has 0 heterocycles. The highest BCUT2D eigenvalue weighted by Crippen LogP contribution is 2.21. The minimum Gasteiger partial charge on any atom is -0.381 e. The lowest BCUT2D eigenvalue weighted by atomic mass is 10.2. The Morgan fingerprint density at radius 3 is 2.72 bits per heavy atom. The maximum atomic E-state index is 13.1. The van der Waals surface area contributed by atoms with E-state index in [9.17, 15) is 4.39 Å². The second-order valence-electron chi connectivity index (χ2n) is 4.05. The quantitative estimate of drug-likeness (QED) is 0.744. The van der Waals surface area contributed by atoms with Gasteiger partial charge in [-0.05, 0) is 71.0 Å². The summed E-state index contributed by atoms with van der Waals surface area (Å²) in [4.78, 5) is 0. The van der Waals surface area contributed by atoms with Crippen molar-refractivity contribution in [2.45, 2.75) is 13.5 Å². The minimum absolute atomic E-state index is 0.269. The van der Waals surface area contributed by atoms with Gasteiger partial charge in [-0.3, -0.25) is 0 Å². The molecule has 1 N–H and O–H groups in total. The smallest absolute Gasteiger partial charge is 0.123 e. The predicted octanol–water partition coefficient (Wildman–Crippen LogP) is 5.00. The van der Waals surface area contributed by atoms with Crippen molar-refractivity contribution in [1.29, 1.82) is 0 Å². The zero-order chi connectivity index (χ0) is 13.1. The van der Waals surface area contributed by atoms with Crippen molar-refractivity contribution < 1.29 is 4.39 Å². The summed E-state index contributed by atoms with van der Waals surface area (Å²) in [7, 11) is 0. The molecule has 0 atom stereocenters. The van der Waals surface area contributed by atoms with Crippen molar-refractivity contribution in [1.82, 2.24) is 0 Å². The Balaban J connectivity index is 2.11. The van der Waals surface area contributed by atoms with Gasteiger partial charge in [-0.2, -0.15) is 0 Å². The zero-order valence-corrected chi connectivity index (χ0v) is 12.7. The van der Waals surface area contributed by atoms with Crippen LogP contribution in [0.15, 0.2) is 36.4 Å². The molecule has 0 aliphatic rings. The third kappa shape index (κ3) is 3.36. The number of anilines is 1. The minimum atomic E-state index is -0.269. The molecule has 94 valence electrons. The van der Waals surface area contributed by atoms with Crippen LogP contribution in [0.4, 0.5) is 10.1 Å². The maximum absolute atomic E-state index is 13.1. The largest absolute Gasteiger partial charge is 0.381 e. The third-order valence-corrected chi connectivity index (χ3v) is 4.19. The van der Waals surface area contributed by atoms with E-state index in [2.05, 4.69) is 47.0 Å². The SMILES string of the molecule is Cc1ccc(NCc2cc(F)ccc2Cl)cc1I. The molecule has 0 radical (unpaired) electrons. The second kappa shape index (κ2) is 5.89. The normalized spacial score (nSPS) is 10.4. The first-order valence-corrected chi connectivity index (χ1v) is 6.96. The summed E-state index contributed by atoms with van der Waals surface area (Å²) in [6.07, 6.45) is 0. The molecule has 18 heavy (non-hydrogen) atoms. The lowest BCUT2D eigenvalue weighted by molar-refractivity contribution is 0.626. The van der Waals surface area contributed by atoms with E-state index in [1.807, 2.05) is 6.07 Å². The van der Waals surface area contributed by atoms with Crippen LogP contribution in [-0.2, 0) is 6.54 Å². The van der Waals surface area contributed by atoms with Crippen LogP contribution in [0.3, 0.4) is 0 Å². The first kappa shape index (κ1) is 13.6. The third-order valence-electron chi connectivity index (χ3n) is 2.66. The summed E-state index contributed by atoms with van der Waals surface area (Å²) in [5.74, 6) is -0.269. The van der Waals surface area contributed by atoms with Crippen LogP contribution in [0.5, 0.6) is 0 Å². The van der Waals surface area contributed by atoms with Gasteiger partial charge in [0, 0.05) is 20.8 Å². The van der Waals surface area contributed by atoms with E-state index in [0.717, 1.165) is 11.3 Å². The zero-order valence-electron chi connectivity index (χ0n) is 9.81. The van der Waals surface area contributed by atoms with E-state index in [1.54, 1.807) is 6.07 Å². The molecule has 0 spiro atoms. The molecular formula is C14H12ClFIN. The number of nitrogens with one attached hydrogen (secondary N) is 1. The molecule has 0 unspecified atom stereocenters. The van der Waals surface area contributed by atoms with Gasteiger partial charge in [-0.25, -0.2) is 4.39 Å². The van der Waals surface area contributed by atoms with Gasteiger partial charge < -0.3 is 5.32 Å². The molecule has 0 saturated carbocycles. The summed E-state index contributed by atoms with van der Waals surface area (Å²) >= 11 is 8.30. The molecule has 2 aromatic carbocycles. The predicted molar refractivity (Wildman–Crippen MR) is 82.6 cm³/mol. The van der Waals surface area contributed by atoms with E-state index in [1.165, 1.54) is 21.3 Å². The van der Waals surface area contributed by atoms with Crippen LogP contribution in [0.1, 0.15) is 11.1 Å². The number of hydrogen-bond donors (Lipinski definition) is 1. The van der Waals surface area contributed by atoms with Crippen molar-refractivity contribution in [3.05, 3.63) is 61.9 Å². The first-order chi connectivity index (χ1) is 8.56. The molecule has 2 rings (SSSR count). The molecule has 2 aromatic rings. The average molecular weight is 376 g/mol. The maximum Gasteiger partial charge on any atom is 0.123 e. The molecule has 0 fully saturated rings. The Kier molecular flexibility index (Phi) is 4.45.